The van der Waals surface area contributed by atoms with Crippen molar-refractivity contribution in [2.24, 2.45) is 0 Å². The summed E-state index contributed by atoms with van der Waals surface area (Å²) in [6.45, 7) is 1.28. The average molecular weight is 229 g/mol. The molecule has 2 N–H and O–H groups in total. The first kappa shape index (κ1) is 10.3. The van der Waals surface area contributed by atoms with E-state index in [1.165, 1.54) is 11.6 Å². The molecule has 0 aromatic heterocycles. The Morgan fingerprint density at radius 3 is 2.76 bits per heavy atom. The molecule has 1 aliphatic heterocycles. The van der Waals surface area contributed by atoms with Crippen LogP contribution in [0.1, 0.15) is 11.1 Å². The number of ether oxygens (including phenoxy) is 1. The Labute approximate surface area is 98.8 Å². The molecule has 2 nitrogen and oxygen atoms in total. The number of nitrogens with two attached hydrogens (primary N) is 1. The van der Waals surface area contributed by atoms with E-state index in [4.69, 9.17) is 10.5 Å². The van der Waals surface area contributed by atoms with Gasteiger partial charge in [-0.25, -0.2) is 4.39 Å². The van der Waals surface area contributed by atoms with Gasteiger partial charge in [0.2, 0.25) is 0 Å². The molecule has 2 aromatic carbocycles. The predicted octanol–water partition coefficient (Wildman–Crippen LogP) is 3.11. The molecule has 0 spiro atoms. The molecule has 0 fully saturated rings. The number of hydrogen-bond acceptors (Lipinski definition) is 2. The van der Waals surface area contributed by atoms with E-state index < -0.39 is 0 Å². The largest absolute Gasteiger partial charge is 0.396 e. The number of hydrogen-bond donors (Lipinski definition) is 1. The van der Waals surface area contributed by atoms with E-state index in [0.717, 1.165) is 16.7 Å². The van der Waals surface area contributed by atoms with Crippen LogP contribution < -0.4 is 5.73 Å². The number of benzene rings is 2. The highest BCUT2D eigenvalue weighted by atomic mass is 19.1. The number of halogens is 1. The second-order valence-electron chi connectivity index (χ2n) is 4.18. The van der Waals surface area contributed by atoms with Gasteiger partial charge in [-0.3, -0.25) is 0 Å². The number of para-hydroxylation sites is 1. The molecule has 2 aromatic rings. The summed E-state index contributed by atoms with van der Waals surface area (Å²) in [5.74, 6) is -0.376. The second-order valence-corrected chi connectivity index (χ2v) is 4.18. The Morgan fingerprint density at radius 2 is 1.88 bits per heavy atom. The third kappa shape index (κ3) is 1.68. The average Bonchev–Trinajstić information content (AvgIpc) is 2.79. The SMILES string of the molecule is Nc1c(F)cccc1-c1ccc2c(c1)COC2. The highest BCUT2D eigenvalue weighted by molar-refractivity contribution is 5.77. The van der Waals surface area contributed by atoms with Crippen molar-refractivity contribution in [3.63, 3.8) is 0 Å². The third-order valence-electron chi connectivity index (χ3n) is 3.09. The second kappa shape index (κ2) is 3.86. The summed E-state index contributed by atoms with van der Waals surface area (Å²) < 4.78 is 18.7. The summed E-state index contributed by atoms with van der Waals surface area (Å²) in [4.78, 5) is 0. The maximum Gasteiger partial charge on any atom is 0.146 e. The summed E-state index contributed by atoms with van der Waals surface area (Å²) in [6.07, 6.45) is 0. The van der Waals surface area contributed by atoms with Crippen LogP contribution in [0.2, 0.25) is 0 Å². The van der Waals surface area contributed by atoms with E-state index >= 15 is 0 Å². The van der Waals surface area contributed by atoms with Crippen molar-refractivity contribution in [2.75, 3.05) is 5.73 Å². The van der Waals surface area contributed by atoms with Crippen molar-refractivity contribution in [1.29, 1.82) is 0 Å². The van der Waals surface area contributed by atoms with E-state index in [9.17, 15) is 4.39 Å². The fraction of sp³-hybridized carbons (Fsp3) is 0.143. The quantitative estimate of drug-likeness (QED) is 0.762. The molecule has 0 saturated carbocycles. The van der Waals surface area contributed by atoms with E-state index in [-0.39, 0.29) is 11.5 Å². The van der Waals surface area contributed by atoms with Crippen LogP contribution in [0.4, 0.5) is 10.1 Å². The van der Waals surface area contributed by atoms with E-state index in [0.29, 0.717) is 13.2 Å². The van der Waals surface area contributed by atoms with Crippen molar-refractivity contribution in [1.82, 2.24) is 0 Å². The Bertz CT molecular complexity index is 580. The minimum Gasteiger partial charge on any atom is -0.396 e. The first-order valence-corrected chi connectivity index (χ1v) is 5.49. The summed E-state index contributed by atoms with van der Waals surface area (Å²) in [7, 11) is 0. The van der Waals surface area contributed by atoms with Crippen molar-refractivity contribution in [3.8, 4) is 11.1 Å². The number of anilines is 1. The van der Waals surface area contributed by atoms with Gasteiger partial charge in [-0.2, -0.15) is 0 Å². The first-order chi connectivity index (χ1) is 8.25. The molecule has 0 saturated heterocycles. The number of nitrogen functional groups attached to an aromatic ring is 1. The maximum atomic E-state index is 13.4. The molecule has 0 aliphatic carbocycles. The van der Waals surface area contributed by atoms with Crippen LogP contribution in [0.3, 0.4) is 0 Å². The Kier molecular flexibility index (Phi) is 2.34. The minimum atomic E-state index is -0.376. The lowest BCUT2D eigenvalue weighted by molar-refractivity contribution is 0.134. The lowest BCUT2D eigenvalue weighted by atomic mass is 9.99. The molecule has 0 atom stereocenters. The van der Waals surface area contributed by atoms with E-state index in [1.54, 1.807) is 6.07 Å². The molecule has 86 valence electrons. The van der Waals surface area contributed by atoms with Gasteiger partial charge in [0, 0.05) is 5.56 Å². The van der Waals surface area contributed by atoms with Crippen LogP contribution in [-0.2, 0) is 18.0 Å². The minimum absolute atomic E-state index is 0.200. The molecule has 0 bridgehead atoms. The predicted molar refractivity (Wildman–Crippen MR) is 64.7 cm³/mol. The number of fused-ring (bicyclic) bond motifs is 1. The summed E-state index contributed by atoms with van der Waals surface area (Å²) in [5, 5.41) is 0. The molecule has 3 heteroatoms. The Hall–Kier alpha value is -1.87. The molecule has 1 aliphatic rings. The van der Waals surface area contributed by atoms with Gasteiger partial charge in [-0.15, -0.1) is 0 Å². The van der Waals surface area contributed by atoms with Crippen LogP contribution in [0, 0.1) is 5.82 Å². The zero-order chi connectivity index (χ0) is 11.8. The lowest BCUT2D eigenvalue weighted by Gasteiger charge is -2.08. The molecule has 0 amide bonds. The zero-order valence-electron chi connectivity index (χ0n) is 9.24. The zero-order valence-corrected chi connectivity index (χ0v) is 9.24. The molecule has 0 radical (unpaired) electrons. The van der Waals surface area contributed by atoms with Crippen LogP contribution in [-0.4, -0.2) is 0 Å². The standard InChI is InChI=1S/C14H12FNO/c15-13-3-1-2-12(14(13)16)9-4-5-10-7-17-8-11(10)6-9/h1-6H,7-8,16H2. The van der Waals surface area contributed by atoms with Gasteiger partial charge in [-0.1, -0.05) is 24.3 Å². The molecular weight excluding hydrogens is 217 g/mol. The fourth-order valence-corrected chi connectivity index (χ4v) is 2.13. The molecular formula is C14H12FNO. The van der Waals surface area contributed by atoms with Gasteiger partial charge in [0.25, 0.3) is 0 Å². The Morgan fingerprint density at radius 1 is 1.06 bits per heavy atom. The molecule has 1 heterocycles. The van der Waals surface area contributed by atoms with Crippen molar-refractivity contribution >= 4 is 5.69 Å². The van der Waals surface area contributed by atoms with Crippen molar-refractivity contribution in [2.45, 2.75) is 13.2 Å². The topological polar surface area (TPSA) is 35.2 Å². The van der Waals surface area contributed by atoms with Crippen LogP contribution in [0.25, 0.3) is 11.1 Å². The monoisotopic (exact) mass is 229 g/mol. The van der Waals surface area contributed by atoms with Gasteiger partial charge in [0.05, 0.1) is 18.9 Å². The van der Waals surface area contributed by atoms with Gasteiger partial charge in [0.1, 0.15) is 5.82 Å². The smallest absolute Gasteiger partial charge is 0.146 e. The highest BCUT2D eigenvalue weighted by Gasteiger charge is 2.13. The van der Waals surface area contributed by atoms with Gasteiger partial charge >= 0.3 is 0 Å². The van der Waals surface area contributed by atoms with Gasteiger partial charge in [-0.05, 0) is 28.8 Å². The molecule has 17 heavy (non-hydrogen) atoms. The lowest BCUT2D eigenvalue weighted by Crippen LogP contribution is -1.94. The fourth-order valence-electron chi connectivity index (χ4n) is 2.13. The van der Waals surface area contributed by atoms with E-state index in [2.05, 4.69) is 0 Å². The maximum absolute atomic E-state index is 13.4. The Balaban J connectivity index is 2.13. The van der Waals surface area contributed by atoms with Gasteiger partial charge in [0.15, 0.2) is 0 Å². The van der Waals surface area contributed by atoms with Crippen LogP contribution >= 0.6 is 0 Å². The van der Waals surface area contributed by atoms with E-state index in [1.807, 2.05) is 24.3 Å². The summed E-state index contributed by atoms with van der Waals surface area (Å²) in [6, 6.07) is 10.9. The first-order valence-electron chi connectivity index (χ1n) is 5.49. The third-order valence-corrected chi connectivity index (χ3v) is 3.09. The summed E-state index contributed by atoms with van der Waals surface area (Å²) >= 11 is 0. The van der Waals surface area contributed by atoms with Crippen LogP contribution in [0.5, 0.6) is 0 Å². The van der Waals surface area contributed by atoms with Crippen molar-refractivity contribution in [3.05, 3.63) is 53.3 Å². The molecule has 3 rings (SSSR count). The van der Waals surface area contributed by atoms with Crippen molar-refractivity contribution < 1.29 is 9.13 Å². The molecule has 0 unspecified atom stereocenters. The summed E-state index contributed by atoms with van der Waals surface area (Å²) in [5.41, 5.74) is 9.98. The normalized spacial score (nSPS) is 13.7. The highest BCUT2D eigenvalue weighted by Crippen LogP contribution is 2.31. The van der Waals surface area contributed by atoms with Crippen LogP contribution in [0.15, 0.2) is 36.4 Å². The number of rotatable bonds is 1. The van der Waals surface area contributed by atoms with Gasteiger partial charge < -0.3 is 10.5 Å².